The first-order valence-electron chi connectivity index (χ1n) is 16.0. The van der Waals surface area contributed by atoms with Crippen LogP contribution in [0.5, 0.6) is 11.5 Å². The molecule has 0 saturated heterocycles. The maximum Gasteiger partial charge on any atom is 0.135 e. The second-order valence-electron chi connectivity index (χ2n) is 12.8. The fourth-order valence-corrected chi connectivity index (χ4v) is 8.85. The van der Waals surface area contributed by atoms with E-state index in [1.165, 1.54) is 77.2 Å². The number of hydrogen-bond donors (Lipinski definition) is 0. The van der Waals surface area contributed by atoms with E-state index in [-0.39, 0.29) is 5.41 Å². The molecule has 1 heteroatoms. The fourth-order valence-electron chi connectivity index (χ4n) is 8.85. The van der Waals surface area contributed by atoms with Crippen LogP contribution in [0.25, 0.3) is 66.1 Å². The molecule has 3 aliphatic rings. The summed E-state index contributed by atoms with van der Waals surface area (Å²) in [5.74, 6) is 1.83. The van der Waals surface area contributed by atoms with Gasteiger partial charge in [-0.05, 0) is 102 Å². The largest absolute Gasteiger partial charge is 0.456 e. The summed E-state index contributed by atoms with van der Waals surface area (Å²) in [5, 5.41) is 5.00. The molecule has 1 heterocycles. The van der Waals surface area contributed by atoms with Crippen molar-refractivity contribution in [1.82, 2.24) is 0 Å². The zero-order valence-electron chi connectivity index (χ0n) is 24.9. The van der Waals surface area contributed by atoms with E-state index in [1.807, 2.05) is 0 Å². The van der Waals surface area contributed by atoms with Crippen molar-refractivity contribution in [3.63, 3.8) is 0 Å². The van der Waals surface area contributed by atoms with Gasteiger partial charge in [-0.15, -0.1) is 0 Å². The number of hydrogen-bond acceptors (Lipinski definition) is 1. The first-order valence-corrected chi connectivity index (χ1v) is 16.0. The predicted molar refractivity (Wildman–Crippen MR) is 189 cm³/mol. The van der Waals surface area contributed by atoms with Crippen LogP contribution >= 0.6 is 0 Å². The number of ether oxygens (including phenoxy) is 1. The van der Waals surface area contributed by atoms with Crippen LogP contribution in [-0.2, 0) is 5.41 Å². The van der Waals surface area contributed by atoms with Crippen LogP contribution in [-0.4, -0.2) is 0 Å². The van der Waals surface area contributed by atoms with E-state index in [1.54, 1.807) is 0 Å². The van der Waals surface area contributed by atoms with E-state index in [0.29, 0.717) is 0 Å². The molecule has 11 rings (SSSR count). The summed E-state index contributed by atoms with van der Waals surface area (Å²) in [6, 6.07) is 58.2. The Balaban J connectivity index is 1.15. The second kappa shape index (κ2) is 8.62. The Kier molecular flexibility index (Phi) is 4.57. The van der Waals surface area contributed by atoms with Crippen molar-refractivity contribution in [3.05, 3.63) is 180 Å². The summed E-state index contributed by atoms with van der Waals surface area (Å²) >= 11 is 0. The topological polar surface area (TPSA) is 9.23 Å². The summed E-state index contributed by atoms with van der Waals surface area (Å²) < 4.78 is 6.56. The van der Waals surface area contributed by atoms with Crippen LogP contribution in [0.3, 0.4) is 0 Å². The lowest BCUT2D eigenvalue weighted by molar-refractivity contribution is 0.487. The zero-order chi connectivity index (χ0) is 30.0. The van der Waals surface area contributed by atoms with Crippen LogP contribution in [0.1, 0.15) is 22.3 Å². The molecule has 1 spiro atoms. The summed E-state index contributed by atoms with van der Waals surface area (Å²) in [6.07, 6.45) is 0. The Hall–Kier alpha value is -5.92. The van der Waals surface area contributed by atoms with E-state index in [0.717, 1.165) is 22.6 Å². The van der Waals surface area contributed by atoms with Gasteiger partial charge in [0.2, 0.25) is 0 Å². The monoisotopic (exact) mass is 582 g/mol. The van der Waals surface area contributed by atoms with Gasteiger partial charge < -0.3 is 4.74 Å². The molecule has 0 saturated carbocycles. The Bertz CT molecular complexity index is 2620. The van der Waals surface area contributed by atoms with Gasteiger partial charge in [0.25, 0.3) is 0 Å². The molecule has 8 aromatic carbocycles. The minimum absolute atomic E-state index is 0.376. The third-order valence-corrected chi connectivity index (χ3v) is 10.7. The smallest absolute Gasteiger partial charge is 0.135 e. The molecule has 2 aliphatic carbocycles. The first kappa shape index (κ1) is 24.4. The zero-order valence-corrected chi connectivity index (χ0v) is 24.9. The van der Waals surface area contributed by atoms with Crippen molar-refractivity contribution in [2.24, 2.45) is 0 Å². The average Bonchev–Trinajstić information content (AvgIpc) is 3.59. The Morgan fingerprint density at radius 1 is 0.370 bits per heavy atom. The molecule has 0 bridgehead atoms. The highest BCUT2D eigenvalue weighted by molar-refractivity contribution is 6.06. The minimum Gasteiger partial charge on any atom is -0.456 e. The SMILES string of the molecule is c1ccc2c(c1)-c1cc(-c3ccc4c(c3)Oc3cccc5cccc-4c35)ccc1C21c2ccccc2-c2ccc3ccccc3c21. The Morgan fingerprint density at radius 3 is 1.87 bits per heavy atom. The number of rotatable bonds is 1. The molecule has 1 atom stereocenters. The van der Waals surface area contributed by atoms with Crippen molar-refractivity contribution >= 4 is 21.5 Å². The lowest BCUT2D eigenvalue weighted by atomic mass is 9.69. The molecular formula is C45H26O. The molecule has 46 heavy (non-hydrogen) atoms. The van der Waals surface area contributed by atoms with Gasteiger partial charge in [-0.1, -0.05) is 133 Å². The molecule has 8 aromatic rings. The van der Waals surface area contributed by atoms with Gasteiger partial charge in [-0.2, -0.15) is 0 Å². The standard InChI is InChI=1S/C45H26O/c1-2-12-31-27(9-1)19-23-36-32-13-3-5-16-38(32)45(44(31)36)39-17-6-4-14-33(39)37-25-29(21-24-40(37)45)30-20-22-34-35-15-7-10-28-11-8-18-41(43(28)35)46-42(34)26-30/h1-26H. The maximum atomic E-state index is 6.56. The Morgan fingerprint density at radius 2 is 1.00 bits per heavy atom. The summed E-state index contributed by atoms with van der Waals surface area (Å²) in [7, 11) is 0. The highest BCUT2D eigenvalue weighted by Crippen LogP contribution is 2.64. The van der Waals surface area contributed by atoms with Crippen molar-refractivity contribution < 1.29 is 4.74 Å². The van der Waals surface area contributed by atoms with E-state index >= 15 is 0 Å². The fraction of sp³-hybridized carbons (Fsp3) is 0.0222. The summed E-state index contributed by atoms with van der Waals surface area (Å²) in [5.41, 5.74) is 15.1. The summed E-state index contributed by atoms with van der Waals surface area (Å²) in [6.45, 7) is 0. The second-order valence-corrected chi connectivity index (χ2v) is 12.8. The van der Waals surface area contributed by atoms with Crippen LogP contribution < -0.4 is 4.74 Å². The third kappa shape index (κ3) is 2.91. The molecule has 0 N–H and O–H groups in total. The van der Waals surface area contributed by atoms with Gasteiger partial charge in [0.15, 0.2) is 0 Å². The minimum atomic E-state index is -0.376. The van der Waals surface area contributed by atoms with Crippen LogP contribution in [0.15, 0.2) is 158 Å². The van der Waals surface area contributed by atoms with Crippen molar-refractivity contribution in [3.8, 4) is 56.0 Å². The molecule has 0 amide bonds. The van der Waals surface area contributed by atoms with Crippen molar-refractivity contribution in [2.75, 3.05) is 0 Å². The van der Waals surface area contributed by atoms with Gasteiger partial charge in [0.05, 0.1) is 5.41 Å². The normalized spacial score (nSPS) is 16.1. The highest BCUT2D eigenvalue weighted by atomic mass is 16.5. The first-order chi connectivity index (χ1) is 22.8. The predicted octanol–water partition coefficient (Wildman–Crippen LogP) is 11.8. The van der Waals surface area contributed by atoms with Gasteiger partial charge in [0, 0.05) is 10.9 Å². The van der Waals surface area contributed by atoms with E-state index in [4.69, 9.17) is 4.74 Å². The van der Waals surface area contributed by atoms with E-state index in [9.17, 15) is 0 Å². The quantitative estimate of drug-likeness (QED) is 0.187. The molecule has 1 aliphatic heterocycles. The maximum absolute atomic E-state index is 6.56. The van der Waals surface area contributed by atoms with Crippen molar-refractivity contribution in [1.29, 1.82) is 0 Å². The molecule has 1 nitrogen and oxygen atoms in total. The molecule has 212 valence electrons. The highest BCUT2D eigenvalue weighted by Gasteiger charge is 2.52. The lowest BCUT2D eigenvalue weighted by Gasteiger charge is -2.31. The van der Waals surface area contributed by atoms with Gasteiger partial charge in [-0.3, -0.25) is 0 Å². The van der Waals surface area contributed by atoms with Crippen LogP contribution in [0.2, 0.25) is 0 Å². The van der Waals surface area contributed by atoms with E-state index in [2.05, 4.69) is 158 Å². The van der Waals surface area contributed by atoms with E-state index < -0.39 is 0 Å². The van der Waals surface area contributed by atoms with Gasteiger partial charge in [-0.25, -0.2) is 0 Å². The molecule has 0 fully saturated rings. The number of fused-ring (bicyclic) bond motifs is 14. The molecule has 0 aromatic heterocycles. The van der Waals surface area contributed by atoms with Gasteiger partial charge >= 0.3 is 0 Å². The molecule has 0 radical (unpaired) electrons. The Labute approximate surface area is 267 Å². The summed E-state index contributed by atoms with van der Waals surface area (Å²) in [4.78, 5) is 0. The van der Waals surface area contributed by atoms with Gasteiger partial charge in [0.1, 0.15) is 11.5 Å². The van der Waals surface area contributed by atoms with Crippen LogP contribution in [0, 0.1) is 0 Å². The molecule has 1 unspecified atom stereocenters. The average molecular weight is 583 g/mol. The third-order valence-electron chi connectivity index (χ3n) is 10.7. The molecular weight excluding hydrogens is 556 g/mol. The van der Waals surface area contributed by atoms with Crippen molar-refractivity contribution in [2.45, 2.75) is 5.41 Å². The lowest BCUT2D eigenvalue weighted by Crippen LogP contribution is -2.26. The van der Waals surface area contributed by atoms with Crippen LogP contribution in [0.4, 0.5) is 0 Å². The number of benzene rings is 8.